The molecular weight excluding hydrogens is 334 g/mol. The molecule has 3 aliphatic rings. The molecule has 0 saturated carbocycles. The number of halogens is 1. The third-order valence-corrected chi connectivity index (χ3v) is 5.78. The van der Waals surface area contributed by atoms with Crippen molar-refractivity contribution in [2.45, 2.75) is 6.92 Å². The molecule has 4 rings (SSSR count). The number of hydrogen-bond donors (Lipinski definition) is 0. The van der Waals surface area contributed by atoms with Crippen molar-refractivity contribution >= 4 is 17.3 Å². The molecule has 0 bridgehead atoms. The van der Waals surface area contributed by atoms with Crippen LogP contribution in [-0.2, 0) is 4.74 Å². The van der Waals surface area contributed by atoms with E-state index in [1.165, 1.54) is 10.9 Å². The number of benzene rings is 1. The van der Waals surface area contributed by atoms with Crippen LogP contribution in [0.4, 0.5) is 0 Å². The van der Waals surface area contributed by atoms with Gasteiger partial charge >= 0.3 is 0 Å². The van der Waals surface area contributed by atoms with E-state index in [9.17, 15) is 0 Å². The Hall–Kier alpha value is -1.78. The van der Waals surface area contributed by atoms with Gasteiger partial charge in [0.05, 0.1) is 29.8 Å². The second-order valence-electron chi connectivity index (χ2n) is 7.08. The van der Waals surface area contributed by atoms with Gasteiger partial charge in [0.15, 0.2) is 0 Å². The van der Waals surface area contributed by atoms with Gasteiger partial charge in [0, 0.05) is 48.0 Å². The van der Waals surface area contributed by atoms with Crippen LogP contribution in [-0.4, -0.2) is 50.1 Å². The third-order valence-electron chi connectivity index (χ3n) is 5.55. The number of rotatable bonds is 2. The maximum absolute atomic E-state index is 6.24. The highest BCUT2D eigenvalue weighted by Crippen LogP contribution is 2.39. The molecule has 1 aliphatic carbocycles. The van der Waals surface area contributed by atoms with Crippen LogP contribution in [0.2, 0.25) is 5.02 Å². The third kappa shape index (κ3) is 2.87. The van der Waals surface area contributed by atoms with Gasteiger partial charge < -0.3 is 14.5 Å². The Labute approximate surface area is 153 Å². The summed E-state index contributed by atoms with van der Waals surface area (Å²) in [6.07, 6.45) is 4.15. The lowest BCUT2D eigenvalue weighted by Gasteiger charge is -2.42. The summed E-state index contributed by atoms with van der Waals surface area (Å²) < 4.78 is 5.63. The monoisotopic (exact) mass is 357 g/mol. The van der Waals surface area contributed by atoms with Gasteiger partial charge in [-0.3, -0.25) is 4.99 Å². The summed E-state index contributed by atoms with van der Waals surface area (Å²) in [7, 11) is 3.94. The van der Waals surface area contributed by atoms with Gasteiger partial charge in [-0.25, -0.2) is 0 Å². The number of ether oxygens (including phenoxy) is 1. The van der Waals surface area contributed by atoms with E-state index in [4.69, 9.17) is 21.3 Å². The fraction of sp³-hybridized carbons (Fsp3) is 0.450. The molecule has 1 saturated heterocycles. The Morgan fingerprint density at radius 2 is 1.92 bits per heavy atom. The first kappa shape index (κ1) is 16.7. The fourth-order valence-corrected chi connectivity index (χ4v) is 4.28. The van der Waals surface area contributed by atoms with Crippen LogP contribution in [0.5, 0.6) is 0 Å². The van der Waals surface area contributed by atoms with E-state index in [1.807, 2.05) is 12.1 Å². The van der Waals surface area contributed by atoms with Crippen molar-refractivity contribution in [1.82, 2.24) is 9.80 Å². The van der Waals surface area contributed by atoms with E-state index in [0.29, 0.717) is 0 Å². The Kier molecular flexibility index (Phi) is 4.34. The van der Waals surface area contributed by atoms with Crippen molar-refractivity contribution < 1.29 is 4.74 Å². The van der Waals surface area contributed by atoms with Gasteiger partial charge in [0.1, 0.15) is 0 Å². The predicted molar refractivity (Wildman–Crippen MR) is 101 cm³/mol. The van der Waals surface area contributed by atoms with Gasteiger partial charge in [-0.2, -0.15) is 0 Å². The molecule has 0 radical (unpaired) electrons. The second-order valence-corrected chi connectivity index (χ2v) is 7.52. The summed E-state index contributed by atoms with van der Waals surface area (Å²) >= 11 is 6.24. The molecule has 2 heterocycles. The first-order valence-electron chi connectivity index (χ1n) is 8.86. The largest absolute Gasteiger partial charge is 0.501 e. The van der Waals surface area contributed by atoms with Crippen molar-refractivity contribution in [2.24, 2.45) is 16.8 Å². The lowest BCUT2D eigenvalue weighted by atomic mass is 9.80. The molecular formula is C20H24ClN3O. The van der Waals surface area contributed by atoms with Crippen LogP contribution in [0.25, 0.3) is 5.70 Å². The number of hydrogen-bond acceptors (Lipinski definition) is 4. The number of fused-ring (bicyclic) bond motifs is 2. The quantitative estimate of drug-likeness (QED) is 0.810. The standard InChI is InChI=1S/C20H24ClN3O/c1-13-18(25-3)7-6-16-19(13)20(24-10-8-23(2)9-11-24)15-5-4-14(21)12-17(15)22-16/h4-7,12-13,19H,8-11H2,1-3H3. The minimum Gasteiger partial charge on any atom is -0.501 e. The Bertz CT molecular complexity index is 865. The van der Waals surface area contributed by atoms with E-state index in [2.05, 4.69) is 42.0 Å². The van der Waals surface area contributed by atoms with Crippen molar-refractivity contribution in [3.05, 3.63) is 57.4 Å². The molecule has 5 heteroatoms. The molecule has 132 valence electrons. The van der Waals surface area contributed by atoms with Crippen molar-refractivity contribution in [2.75, 3.05) is 40.3 Å². The van der Waals surface area contributed by atoms with E-state index >= 15 is 0 Å². The molecule has 0 amide bonds. The predicted octanol–water partition coefficient (Wildman–Crippen LogP) is 2.01. The lowest BCUT2D eigenvalue weighted by molar-refractivity contribution is 0.185. The number of nitrogens with zero attached hydrogens (tertiary/aromatic N) is 3. The molecule has 25 heavy (non-hydrogen) atoms. The summed E-state index contributed by atoms with van der Waals surface area (Å²) in [5.41, 5.74) is 2.48. The summed E-state index contributed by atoms with van der Waals surface area (Å²) in [5.74, 6) is 1.53. The first-order chi connectivity index (χ1) is 12.1. The number of likely N-dealkylation sites (N-methyl/N-ethyl adjacent to an activating group) is 1. The van der Waals surface area contributed by atoms with Crippen molar-refractivity contribution in [1.29, 1.82) is 0 Å². The van der Waals surface area contributed by atoms with Crippen LogP contribution in [0.3, 0.4) is 0 Å². The maximum atomic E-state index is 6.24. The molecule has 2 atom stereocenters. The van der Waals surface area contributed by atoms with Crippen LogP contribution < -0.4 is 10.6 Å². The molecule has 0 aromatic heterocycles. The number of allylic oxidation sites excluding steroid dienone is 3. The SMILES string of the molecule is COC1=CC=C2N=c3cc(Cl)ccc3=C(N3CCN(C)CC3)C2C1C. The minimum atomic E-state index is 0.233. The van der Waals surface area contributed by atoms with E-state index in [1.54, 1.807) is 7.11 Å². The van der Waals surface area contributed by atoms with Gasteiger partial charge in [-0.05, 0) is 37.4 Å². The zero-order valence-electron chi connectivity index (χ0n) is 15.0. The van der Waals surface area contributed by atoms with Gasteiger partial charge in [-0.1, -0.05) is 18.5 Å². The van der Waals surface area contributed by atoms with Crippen LogP contribution >= 0.6 is 11.6 Å². The highest BCUT2D eigenvalue weighted by molar-refractivity contribution is 6.30. The van der Waals surface area contributed by atoms with E-state index in [-0.39, 0.29) is 11.8 Å². The summed E-state index contributed by atoms with van der Waals surface area (Å²) in [4.78, 5) is 9.85. The highest BCUT2D eigenvalue weighted by Gasteiger charge is 2.36. The average Bonchev–Trinajstić information content (AvgIpc) is 2.61. The van der Waals surface area contributed by atoms with E-state index < -0.39 is 0 Å². The maximum Gasteiger partial charge on any atom is 0.0994 e. The average molecular weight is 358 g/mol. The Morgan fingerprint density at radius 1 is 1.16 bits per heavy atom. The molecule has 1 fully saturated rings. The normalized spacial score (nSPS) is 26.2. The first-order valence-corrected chi connectivity index (χ1v) is 9.24. The zero-order valence-corrected chi connectivity index (χ0v) is 15.8. The summed E-state index contributed by atoms with van der Waals surface area (Å²) in [6.45, 7) is 6.47. The van der Waals surface area contributed by atoms with Crippen LogP contribution in [0.15, 0.2) is 46.8 Å². The van der Waals surface area contributed by atoms with Gasteiger partial charge in [-0.15, -0.1) is 0 Å². The molecule has 0 spiro atoms. The van der Waals surface area contributed by atoms with Crippen LogP contribution in [0, 0.1) is 11.8 Å². The molecule has 1 aromatic rings. The second kappa shape index (κ2) is 6.50. The summed E-state index contributed by atoms with van der Waals surface area (Å²) in [5, 5.41) is 2.92. The fourth-order valence-electron chi connectivity index (χ4n) is 4.12. The van der Waals surface area contributed by atoms with Gasteiger partial charge in [0.2, 0.25) is 0 Å². The van der Waals surface area contributed by atoms with Crippen molar-refractivity contribution in [3.63, 3.8) is 0 Å². The van der Waals surface area contributed by atoms with Gasteiger partial charge in [0.25, 0.3) is 0 Å². The minimum absolute atomic E-state index is 0.233. The number of piperazine rings is 1. The topological polar surface area (TPSA) is 28.1 Å². The van der Waals surface area contributed by atoms with E-state index in [0.717, 1.165) is 48.0 Å². The zero-order chi connectivity index (χ0) is 17.6. The number of methoxy groups -OCH3 is 1. The Morgan fingerprint density at radius 3 is 2.64 bits per heavy atom. The van der Waals surface area contributed by atoms with Crippen molar-refractivity contribution in [3.8, 4) is 0 Å². The van der Waals surface area contributed by atoms with Crippen LogP contribution in [0.1, 0.15) is 6.92 Å². The summed E-state index contributed by atoms with van der Waals surface area (Å²) in [6, 6.07) is 6.08. The lowest BCUT2D eigenvalue weighted by Crippen LogP contribution is -2.50. The molecule has 1 aromatic carbocycles. The highest BCUT2D eigenvalue weighted by atomic mass is 35.5. The molecule has 0 N–H and O–H groups in total. The molecule has 4 nitrogen and oxygen atoms in total. The molecule has 2 unspecified atom stereocenters. The molecule has 2 aliphatic heterocycles. The smallest absolute Gasteiger partial charge is 0.0994 e. The Balaban J connectivity index is 1.91.